The second-order valence-electron chi connectivity index (χ2n) is 3.38. The van der Waals surface area contributed by atoms with Gasteiger partial charge in [-0.3, -0.25) is 0 Å². The van der Waals surface area contributed by atoms with Crippen LogP contribution in [0.15, 0.2) is 18.7 Å². The predicted octanol–water partition coefficient (Wildman–Crippen LogP) is 3.23. The Morgan fingerprint density at radius 1 is 1.08 bits per heavy atom. The molecule has 1 aromatic carbocycles. The van der Waals surface area contributed by atoms with Crippen LogP contribution in [0.25, 0.3) is 5.76 Å². The molecular weight excluding hydrogens is 160 g/mol. The Hall–Kier alpha value is -1.24. The fourth-order valence-electron chi connectivity index (χ4n) is 1.37. The molecule has 0 aliphatic carbocycles. The summed E-state index contributed by atoms with van der Waals surface area (Å²) in [4.78, 5) is 0. The van der Waals surface area contributed by atoms with E-state index >= 15 is 0 Å². The van der Waals surface area contributed by atoms with Crippen molar-refractivity contribution in [1.82, 2.24) is 0 Å². The van der Waals surface area contributed by atoms with E-state index in [9.17, 15) is 0 Å². The average molecular weight is 176 g/mol. The molecule has 1 heteroatoms. The predicted molar refractivity (Wildman–Crippen MR) is 56.7 cm³/mol. The van der Waals surface area contributed by atoms with E-state index in [-0.39, 0.29) is 0 Å². The van der Waals surface area contributed by atoms with E-state index in [1.807, 2.05) is 0 Å². The van der Waals surface area contributed by atoms with Gasteiger partial charge in [0.25, 0.3) is 0 Å². The number of hydrogen-bond acceptors (Lipinski definition) is 1. The Morgan fingerprint density at radius 3 is 2.15 bits per heavy atom. The first-order valence-corrected chi connectivity index (χ1v) is 4.37. The molecule has 0 bridgehead atoms. The van der Waals surface area contributed by atoms with Gasteiger partial charge in [-0.2, -0.15) is 0 Å². The lowest BCUT2D eigenvalue weighted by molar-refractivity contribution is 0.371. The molecule has 0 amide bonds. The number of ether oxygens (including phenoxy) is 1. The van der Waals surface area contributed by atoms with Crippen LogP contribution in [0.2, 0.25) is 0 Å². The van der Waals surface area contributed by atoms with Crippen LogP contribution in [-0.4, -0.2) is 7.11 Å². The molecule has 0 saturated heterocycles. The fraction of sp³-hybridized carbons (Fsp3) is 0.333. The van der Waals surface area contributed by atoms with Crippen molar-refractivity contribution in [2.24, 2.45) is 0 Å². The third kappa shape index (κ3) is 1.92. The van der Waals surface area contributed by atoms with Crippen LogP contribution < -0.4 is 0 Å². The van der Waals surface area contributed by atoms with Gasteiger partial charge in [0, 0.05) is 5.56 Å². The first-order chi connectivity index (χ1) is 6.06. The van der Waals surface area contributed by atoms with Gasteiger partial charge in [-0.15, -0.1) is 0 Å². The molecule has 1 rings (SSSR count). The lowest BCUT2D eigenvalue weighted by atomic mass is 10.00. The zero-order chi connectivity index (χ0) is 10.0. The summed E-state index contributed by atoms with van der Waals surface area (Å²) in [5.74, 6) is 0.737. The van der Waals surface area contributed by atoms with E-state index in [1.165, 1.54) is 16.7 Å². The van der Waals surface area contributed by atoms with Crippen LogP contribution in [0.5, 0.6) is 0 Å². The summed E-state index contributed by atoms with van der Waals surface area (Å²) in [5.41, 5.74) is 4.91. The Balaban J connectivity index is 3.23. The molecule has 0 N–H and O–H groups in total. The summed E-state index contributed by atoms with van der Waals surface area (Å²) in [7, 11) is 1.65. The molecule has 0 aromatic heterocycles. The monoisotopic (exact) mass is 176 g/mol. The van der Waals surface area contributed by atoms with Crippen LogP contribution in [0.1, 0.15) is 22.3 Å². The van der Waals surface area contributed by atoms with Crippen LogP contribution in [0, 0.1) is 20.8 Å². The minimum Gasteiger partial charge on any atom is -0.497 e. The maximum Gasteiger partial charge on any atom is 0.119 e. The highest BCUT2D eigenvalue weighted by Gasteiger charge is 2.04. The van der Waals surface area contributed by atoms with Crippen LogP contribution in [0.4, 0.5) is 0 Å². The first-order valence-electron chi connectivity index (χ1n) is 4.37. The molecule has 0 saturated carbocycles. The summed E-state index contributed by atoms with van der Waals surface area (Å²) in [6, 6.07) is 4.28. The number of rotatable bonds is 2. The molecule has 13 heavy (non-hydrogen) atoms. The third-order valence-electron chi connectivity index (χ3n) is 2.39. The van der Waals surface area contributed by atoms with Gasteiger partial charge in [-0.1, -0.05) is 12.6 Å². The van der Waals surface area contributed by atoms with Gasteiger partial charge in [0.05, 0.1) is 7.11 Å². The van der Waals surface area contributed by atoms with Crippen molar-refractivity contribution in [3.05, 3.63) is 41.0 Å². The molecule has 0 radical (unpaired) electrons. The Labute approximate surface area is 80.0 Å². The van der Waals surface area contributed by atoms with E-state index in [0.717, 1.165) is 11.3 Å². The highest BCUT2D eigenvalue weighted by molar-refractivity contribution is 5.62. The van der Waals surface area contributed by atoms with Gasteiger partial charge in [-0.25, -0.2) is 0 Å². The molecule has 0 unspecified atom stereocenters. The smallest absolute Gasteiger partial charge is 0.119 e. The van der Waals surface area contributed by atoms with E-state index in [2.05, 4.69) is 39.5 Å². The normalized spacial score (nSPS) is 9.85. The largest absolute Gasteiger partial charge is 0.497 e. The van der Waals surface area contributed by atoms with Gasteiger partial charge in [0.1, 0.15) is 5.76 Å². The zero-order valence-corrected chi connectivity index (χ0v) is 8.77. The molecule has 1 aromatic rings. The molecule has 0 aliphatic rings. The van der Waals surface area contributed by atoms with Crippen molar-refractivity contribution in [1.29, 1.82) is 0 Å². The summed E-state index contributed by atoms with van der Waals surface area (Å²) in [5, 5.41) is 0. The van der Waals surface area contributed by atoms with E-state index in [4.69, 9.17) is 4.74 Å². The molecule has 0 heterocycles. The number of aryl methyl sites for hydroxylation is 3. The quantitative estimate of drug-likeness (QED) is 0.629. The van der Waals surface area contributed by atoms with Crippen molar-refractivity contribution in [2.75, 3.05) is 7.11 Å². The maximum absolute atomic E-state index is 5.12. The third-order valence-corrected chi connectivity index (χ3v) is 2.39. The zero-order valence-electron chi connectivity index (χ0n) is 8.77. The Morgan fingerprint density at radius 2 is 1.62 bits per heavy atom. The van der Waals surface area contributed by atoms with Gasteiger partial charge in [0.2, 0.25) is 0 Å². The molecule has 0 spiro atoms. The topological polar surface area (TPSA) is 9.23 Å². The van der Waals surface area contributed by atoms with Gasteiger partial charge in [0.15, 0.2) is 0 Å². The summed E-state index contributed by atoms with van der Waals surface area (Å²) in [6.07, 6.45) is 0. The second-order valence-corrected chi connectivity index (χ2v) is 3.38. The SMILES string of the molecule is C=C(OC)c1cc(C)c(C)cc1C. The maximum atomic E-state index is 5.12. The van der Waals surface area contributed by atoms with E-state index < -0.39 is 0 Å². The van der Waals surface area contributed by atoms with Crippen molar-refractivity contribution in [3.63, 3.8) is 0 Å². The molecule has 0 fully saturated rings. The molecule has 70 valence electrons. The standard InChI is InChI=1S/C12H16O/c1-8-6-10(3)12(7-9(8)2)11(4)13-5/h6-7H,4H2,1-3,5H3. The number of methoxy groups -OCH3 is 1. The summed E-state index contributed by atoms with van der Waals surface area (Å²) >= 11 is 0. The Bertz CT molecular complexity index is 337. The van der Waals surface area contributed by atoms with Gasteiger partial charge >= 0.3 is 0 Å². The molecule has 1 nitrogen and oxygen atoms in total. The minimum atomic E-state index is 0.737. The van der Waals surface area contributed by atoms with Crippen molar-refractivity contribution in [2.45, 2.75) is 20.8 Å². The number of benzene rings is 1. The van der Waals surface area contributed by atoms with Gasteiger partial charge < -0.3 is 4.74 Å². The van der Waals surface area contributed by atoms with E-state index in [0.29, 0.717) is 0 Å². The number of hydrogen-bond donors (Lipinski definition) is 0. The van der Waals surface area contributed by atoms with Crippen LogP contribution in [0.3, 0.4) is 0 Å². The van der Waals surface area contributed by atoms with Crippen molar-refractivity contribution < 1.29 is 4.74 Å². The highest BCUT2D eigenvalue weighted by atomic mass is 16.5. The lowest BCUT2D eigenvalue weighted by Crippen LogP contribution is -1.93. The second kappa shape index (κ2) is 3.65. The van der Waals surface area contributed by atoms with Crippen molar-refractivity contribution >= 4 is 5.76 Å². The first kappa shape index (κ1) is 9.85. The fourth-order valence-corrected chi connectivity index (χ4v) is 1.37. The Kier molecular flexibility index (Phi) is 2.76. The molecule has 0 atom stereocenters. The highest BCUT2D eigenvalue weighted by Crippen LogP contribution is 2.21. The van der Waals surface area contributed by atoms with Gasteiger partial charge in [-0.05, 0) is 43.5 Å². The minimum absolute atomic E-state index is 0.737. The van der Waals surface area contributed by atoms with Crippen molar-refractivity contribution in [3.8, 4) is 0 Å². The van der Waals surface area contributed by atoms with E-state index in [1.54, 1.807) is 7.11 Å². The van der Waals surface area contributed by atoms with Crippen LogP contribution in [-0.2, 0) is 4.74 Å². The molecular formula is C12H16O. The summed E-state index contributed by atoms with van der Waals surface area (Å²) in [6.45, 7) is 10.1. The molecule has 0 aliphatic heterocycles. The lowest BCUT2D eigenvalue weighted by Gasteiger charge is -2.10. The van der Waals surface area contributed by atoms with Crippen LogP contribution >= 0.6 is 0 Å². The summed E-state index contributed by atoms with van der Waals surface area (Å²) < 4.78 is 5.12. The average Bonchev–Trinajstić information content (AvgIpc) is 2.10.